The van der Waals surface area contributed by atoms with Crippen LogP contribution in [0, 0.1) is 6.92 Å². The molecule has 0 radical (unpaired) electrons. The molecule has 4 aromatic rings. The zero-order valence-corrected chi connectivity index (χ0v) is 18.1. The van der Waals surface area contributed by atoms with Gasteiger partial charge in [0.25, 0.3) is 0 Å². The molecule has 0 aliphatic rings. The van der Waals surface area contributed by atoms with Crippen molar-refractivity contribution in [2.75, 3.05) is 6.54 Å². The van der Waals surface area contributed by atoms with E-state index in [1.165, 1.54) is 6.92 Å². The van der Waals surface area contributed by atoms with Gasteiger partial charge in [-0.1, -0.05) is 36.4 Å². The third-order valence-corrected chi connectivity index (χ3v) is 5.37. The van der Waals surface area contributed by atoms with Crippen LogP contribution < -0.4 is 10.6 Å². The second-order valence-corrected chi connectivity index (χ2v) is 7.75. The molecule has 2 heterocycles. The average molecular weight is 431 g/mol. The molecule has 0 aliphatic carbocycles. The molecule has 7 nitrogen and oxygen atoms in total. The first-order chi connectivity index (χ1) is 15.5. The van der Waals surface area contributed by atoms with Crippen LogP contribution >= 0.6 is 0 Å². The summed E-state index contributed by atoms with van der Waals surface area (Å²) in [5.41, 5.74) is 3.70. The third-order valence-electron chi connectivity index (χ3n) is 5.37. The fourth-order valence-corrected chi connectivity index (χ4v) is 3.77. The molecule has 2 amide bonds. The molecule has 7 heteroatoms. The number of aromatic nitrogens is 2. The quantitative estimate of drug-likeness (QED) is 0.398. The summed E-state index contributed by atoms with van der Waals surface area (Å²) in [6.07, 6.45) is 2.82. The van der Waals surface area contributed by atoms with E-state index in [2.05, 4.69) is 20.6 Å². The van der Waals surface area contributed by atoms with Gasteiger partial charge >= 0.3 is 0 Å². The first-order valence-electron chi connectivity index (χ1n) is 10.6. The molecule has 0 fully saturated rings. The summed E-state index contributed by atoms with van der Waals surface area (Å²) in [6, 6.07) is 16.9. The van der Waals surface area contributed by atoms with Gasteiger partial charge < -0.3 is 20.0 Å². The highest BCUT2D eigenvalue weighted by Crippen LogP contribution is 2.22. The first kappa shape index (κ1) is 21.4. The van der Waals surface area contributed by atoms with Crippen LogP contribution in [0.2, 0.25) is 0 Å². The van der Waals surface area contributed by atoms with Crippen LogP contribution in [-0.4, -0.2) is 34.4 Å². The van der Waals surface area contributed by atoms with Crippen LogP contribution in [0.25, 0.3) is 22.4 Å². The second kappa shape index (κ2) is 9.51. The van der Waals surface area contributed by atoms with E-state index in [1.54, 1.807) is 0 Å². The van der Waals surface area contributed by atoms with Gasteiger partial charge in [0, 0.05) is 49.0 Å². The molecule has 32 heavy (non-hydrogen) atoms. The van der Waals surface area contributed by atoms with Gasteiger partial charge in [-0.05, 0) is 30.7 Å². The lowest BCUT2D eigenvalue weighted by molar-refractivity contribution is -0.128. The number of carbonyl (C=O) groups is 2. The van der Waals surface area contributed by atoms with Gasteiger partial charge in [-0.25, -0.2) is 4.98 Å². The monoisotopic (exact) mass is 430 g/mol. The minimum atomic E-state index is -0.662. The van der Waals surface area contributed by atoms with E-state index in [0.717, 1.165) is 33.5 Å². The van der Waals surface area contributed by atoms with Crippen molar-refractivity contribution < 1.29 is 14.0 Å². The Balaban J connectivity index is 1.40. The molecule has 0 aliphatic heterocycles. The average Bonchev–Trinajstić information content (AvgIpc) is 3.37. The predicted octanol–water partition coefficient (Wildman–Crippen LogP) is 3.54. The van der Waals surface area contributed by atoms with Crippen molar-refractivity contribution in [3.05, 3.63) is 77.8 Å². The number of benzene rings is 2. The molecule has 0 saturated heterocycles. The van der Waals surface area contributed by atoms with Gasteiger partial charge in [0.1, 0.15) is 11.8 Å². The minimum absolute atomic E-state index is 0.227. The van der Waals surface area contributed by atoms with E-state index in [9.17, 15) is 9.59 Å². The number of oxazole rings is 1. The van der Waals surface area contributed by atoms with Crippen LogP contribution in [0.5, 0.6) is 0 Å². The Morgan fingerprint density at radius 1 is 1.09 bits per heavy atom. The molecule has 3 N–H and O–H groups in total. The Kier molecular flexibility index (Phi) is 6.35. The molecule has 2 aromatic carbocycles. The number of fused-ring (bicyclic) bond motifs is 1. The number of rotatable bonds is 8. The Labute approximate surface area is 186 Å². The fraction of sp³-hybridized carbons (Fsp3) is 0.240. The summed E-state index contributed by atoms with van der Waals surface area (Å²) in [5.74, 6) is 0.829. The Bertz CT molecular complexity index is 1230. The summed E-state index contributed by atoms with van der Waals surface area (Å²) in [4.78, 5) is 32.4. The lowest BCUT2D eigenvalue weighted by Gasteiger charge is -2.17. The Morgan fingerprint density at radius 3 is 2.62 bits per heavy atom. The van der Waals surface area contributed by atoms with Crippen LogP contribution in [0.1, 0.15) is 23.9 Å². The van der Waals surface area contributed by atoms with E-state index in [-0.39, 0.29) is 11.8 Å². The highest BCUT2D eigenvalue weighted by atomic mass is 16.4. The maximum absolute atomic E-state index is 12.9. The van der Waals surface area contributed by atoms with Crippen molar-refractivity contribution in [2.45, 2.75) is 32.7 Å². The molecular formula is C25H26N4O3. The standard InChI is InChI=1S/C25H26N4O3/c1-16-21(29-25(32-16)18-8-4-3-5-9-18)12-13-26-24(31)23(28-17(2)30)14-19-15-27-22-11-7-6-10-20(19)22/h3-11,15,23,27H,12-14H2,1-2H3,(H,26,31)(H,28,30). The molecule has 164 valence electrons. The maximum atomic E-state index is 12.9. The summed E-state index contributed by atoms with van der Waals surface area (Å²) in [6.45, 7) is 3.68. The molecule has 0 spiro atoms. The number of aryl methyl sites for hydroxylation is 1. The normalized spacial score (nSPS) is 11.9. The molecule has 0 bridgehead atoms. The van der Waals surface area contributed by atoms with Gasteiger partial charge in [-0.3, -0.25) is 9.59 Å². The number of hydrogen-bond acceptors (Lipinski definition) is 4. The number of nitrogens with one attached hydrogen (secondary N) is 3. The van der Waals surface area contributed by atoms with Crippen molar-refractivity contribution in [2.24, 2.45) is 0 Å². The lowest BCUT2D eigenvalue weighted by atomic mass is 10.0. The minimum Gasteiger partial charge on any atom is -0.441 e. The number of nitrogens with zero attached hydrogens (tertiary/aromatic N) is 1. The van der Waals surface area contributed by atoms with Gasteiger partial charge in [0.2, 0.25) is 17.7 Å². The van der Waals surface area contributed by atoms with Crippen molar-refractivity contribution >= 4 is 22.7 Å². The SMILES string of the molecule is CC(=O)NC(Cc1c[nH]c2ccccc12)C(=O)NCCc1nc(-c2ccccc2)oc1C. The molecule has 4 rings (SSSR count). The Hall–Kier alpha value is -3.87. The van der Waals surface area contributed by atoms with Gasteiger partial charge in [-0.2, -0.15) is 0 Å². The maximum Gasteiger partial charge on any atom is 0.242 e. The van der Waals surface area contributed by atoms with Gasteiger partial charge in [0.15, 0.2) is 0 Å². The summed E-state index contributed by atoms with van der Waals surface area (Å²) >= 11 is 0. The second-order valence-electron chi connectivity index (χ2n) is 7.75. The largest absolute Gasteiger partial charge is 0.441 e. The smallest absolute Gasteiger partial charge is 0.242 e. The van der Waals surface area contributed by atoms with E-state index >= 15 is 0 Å². The number of para-hydroxylation sites is 1. The first-order valence-corrected chi connectivity index (χ1v) is 10.6. The zero-order chi connectivity index (χ0) is 22.5. The van der Waals surface area contributed by atoms with E-state index in [1.807, 2.05) is 67.7 Å². The third kappa shape index (κ3) is 4.88. The van der Waals surface area contributed by atoms with E-state index in [0.29, 0.717) is 25.3 Å². The lowest BCUT2D eigenvalue weighted by Crippen LogP contribution is -2.47. The summed E-state index contributed by atoms with van der Waals surface area (Å²) < 4.78 is 5.79. The van der Waals surface area contributed by atoms with Crippen molar-refractivity contribution in [1.29, 1.82) is 0 Å². The van der Waals surface area contributed by atoms with Crippen LogP contribution in [0.15, 0.2) is 65.2 Å². The zero-order valence-electron chi connectivity index (χ0n) is 18.1. The number of carbonyl (C=O) groups excluding carboxylic acids is 2. The highest BCUT2D eigenvalue weighted by Gasteiger charge is 2.21. The van der Waals surface area contributed by atoms with Gasteiger partial charge in [0.05, 0.1) is 5.69 Å². The Morgan fingerprint density at radius 2 is 1.84 bits per heavy atom. The van der Waals surface area contributed by atoms with Crippen molar-refractivity contribution in [3.8, 4) is 11.5 Å². The number of H-pyrrole nitrogens is 1. The predicted molar refractivity (Wildman–Crippen MR) is 123 cm³/mol. The number of hydrogen-bond donors (Lipinski definition) is 3. The molecule has 1 atom stereocenters. The van der Waals surface area contributed by atoms with Crippen LogP contribution in [0.3, 0.4) is 0 Å². The van der Waals surface area contributed by atoms with Crippen molar-refractivity contribution in [3.63, 3.8) is 0 Å². The van der Waals surface area contributed by atoms with Crippen LogP contribution in [-0.2, 0) is 22.4 Å². The number of amides is 2. The summed E-state index contributed by atoms with van der Waals surface area (Å²) in [7, 11) is 0. The highest BCUT2D eigenvalue weighted by molar-refractivity contribution is 5.89. The summed E-state index contributed by atoms with van der Waals surface area (Å²) in [5, 5.41) is 6.74. The van der Waals surface area contributed by atoms with Crippen molar-refractivity contribution in [1.82, 2.24) is 20.6 Å². The van der Waals surface area contributed by atoms with Crippen LogP contribution in [0.4, 0.5) is 0 Å². The molecule has 0 saturated carbocycles. The van der Waals surface area contributed by atoms with E-state index in [4.69, 9.17) is 4.42 Å². The molecule has 1 unspecified atom stereocenters. The van der Waals surface area contributed by atoms with Gasteiger partial charge in [-0.15, -0.1) is 0 Å². The molecule has 2 aromatic heterocycles. The van der Waals surface area contributed by atoms with E-state index < -0.39 is 6.04 Å². The topological polar surface area (TPSA) is 100 Å². The fourth-order valence-electron chi connectivity index (χ4n) is 3.77. The molecular weight excluding hydrogens is 404 g/mol. The number of aromatic amines is 1.